The number of Topliss-reactive ketones (excluding diaryl/α,β-unsaturated/α-hetero) is 1. The van der Waals surface area contributed by atoms with E-state index in [-0.39, 0.29) is 17.1 Å². The number of carbonyl (C=O) groups excluding carboxylic acids is 1. The van der Waals surface area contributed by atoms with Gasteiger partial charge in [0, 0.05) is 11.6 Å². The van der Waals surface area contributed by atoms with E-state index in [9.17, 15) is 20.0 Å². The van der Waals surface area contributed by atoms with E-state index >= 15 is 0 Å². The zero-order chi connectivity index (χ0) is 11.6. The van der Waals surface area contributed by atoms with Crippen LogP contribution < -0.4 is 4.74 Å². The largest absolute Gasteiger partial charge is 0.500 e. The monoisotopic (exact) mass is 211 g/mol. The normalized spacial score (nSPS) is 9.73. The number of hydrogen-bond acceptors (Lipinski definition) is 5. The Hall–Kier alpha value is -2.11. The van der Waals surface area contributed by atoms with Gasteiger partial charge in [-0.1, -0.05) is 0 Å². The summed E-state index contributed by atoms with van der Waals surface area (Å²) in [6.07, 6.45) is 0. The minimum atomic E-state index is -0.774. The van der Waals surface area contributed by atoms with Crippen LogP contribution in [0.5, 0.6) is 11.5 Å². The van der Waals surface area contributed by atoms with Gasteiger partial charge in [0.2, 0.25) is 5.75 Å². The topological polar surface area (TPSA) is 89.7 Å². The van der Waals surface area contributed by atoms with Crippen molar-refractivity contribution in [1.82, 2.24) is 0 Å². The van der Waals surface area contributed by atoms with E-state index in [1.807, 2.05) is 0 Å². The lowest BCUT2D eigenvalue weighted by Crippen LogP contribution is -1.98. The fraction of sp³-hybridized carbons (Fsp3) is 0.222. The maximum Gasteiger partial charge on any atom is 0.315 e. The van der Waals surface area contributed by atoms with Crippen molar-refractivity contribution < 1.29 is 19.6 Å². The van der Waals surface area contributed by atoms with Gasteiger partial charge < -0.3 is 9.84 Å². The molecule has 1 N–H and O–H groups in total. The smallest absolute Gasteiger partial charge is 0.315 e. The van der Waals surface area contributed by atoms with Crippen molar-refractivity contribution in [3.8, 4) is 11.5 Å². The predicted molar refractivity (Wildman–Crippen MR) is 51.3 cm³/mol. The van der Waals surface area contributed by atoms with Crippen LogP contribution in [-0.2, 0) is 0 Å². The summed E-state index contributed by atoms with van der Waals surface area (Å²) < 4.78 is 4.72. The number of hydrogen-bond donors (Lipinski definition) is 1. The molecule has 0 aliphatic carbocycles. The van der Waals surface area contributed by atoms with Crippen LogP contribution in [0.25, 0.3) is 0 Å². The molecular weight excluding hydrogens is 202 g/mol. The van der Waals surface area contributed by atoms with Gasteiger partial charge in [-0.3, -0.25) is 14.9 Å². The number of benzene rings is 1. The number of methoxy groups -OCH3 is 1. The number of phenols is 1. The molecule has 0 radical (unpaired) electrons. The number of carbonyl (C=O) groups is 1. The summed E-state index contributed by atoms with van der Waals surface area (Å²) in [6, 6.07) is 2.27. The molecule has 0 saturated heterocycles. The van der Waals surface area contributed by atoms with Gasteiger partial charge in [-0.05, 0) is 13.0 Å². The Morgan fingerprint density at radius 1 is 1.53 bits per heavy atom. The number of nitrogens with zero attached hydrogens (tertiary/aromatic N) is 1. The van der Waals surface area contributed by atoms with Crippen LogP contribution >= 0.6 is 0 Å². The molecule has 6 nitrogen and oxygen atoms in total. The summed E-state index contributed by atoms with van der Waals surface area (Å²) in [5.74, 6) is -1.00. The highest BCUT2D eigenvalue weighted by Crippen LogP contribution is 2.36. The predicted octanol–water partition coefficient (Wildman–Crippen LogP) is 1.51. The quantitative estimate of drug-likeness (QED) is 0.465. The standard InChI is InChI=1S/C9H9NO5/c1-5(11)6-3-7(10(13)14)9(12)8(4-6)15-2/h3-4,12H,1-2H3. The second-order valence-corrected chi connectivity index (χ2v) is 2.86. The Kier molecular flexibility index (Phi) is 2.89. The SMILES string of the molecule is COc1cc(C(C)=O)cc([N+](=O)[O-])c1O. The number of ether oxygens (including phenoxy) is 1. The third kappa shape index (κ3) is 2.04. The zero-order valence-corrected chi connectivity index (χ0v) is 8.18. The molecule has 0 bridgehead atoms. The molecule has 0 atom stereocenters. The summed E-state index contributed by atoms with van der Waals surface area (Å²) in [4.78, 5) is 20.8. The molecule has 1 rings (SSSR count). The summed E-state index contributed by atoms with van der Waals surface area (Å²) in [5, 5.41) is 19.9. The van der Waals surface area contributed by atoms with Crippen molar-refractivity contribution in [3.05, 3.63) is 27.8 Å². The Morgan fingerprint density at radius 3 is 2.53 bits per heavy atom. The molecular formula is C9H9NO5. The molecule has 0 aliphatic heterocycles. The number of nitro benzene ring substituents is 1. The molecule has 0 spiro atoms. The van der Waals surface area contributed by atoms with Crippen LogP contribution in [0.1, 0.15) is 17.3 Å². The molecule has 1 aromatic carbocycles. The van der Waals surface area contributed by atoms with E-state index in [1.54, 1.807) is 0 Å². The lowest BCUT2D eigenvalue weighted by Gasteiger charge is -2.05. The fourth-order valence-electron chi connectivity index (χ4n) is 1.09. The highest BCUT2D eigenvalue weighted by Gasteiger charge is 2.20. The van der Waals surface area contributed by atoms with Crippen LogP contribution in [0.3, 0.4) is 0 Å². The van der Waals surface area contributed by atoms with E-state index in [0.717, 1.165) is 6.07 Å². The van der Waals surface area contributed by atoms with E-state index in [4.69, 9.17) is 4.74 Å². The molecule has 0 aliphatic rings. The molecule has 15 heavy (non-hydrogen) atoms. The molecule has 0 fully saturated rings. The van der Waals surface area contributed by atoms with Gasteiger partial charge in [0.15, 0.2) is 11.5 Å². The Morgan fingerprint density at radius 2 is 2.13 bits per heavy atom. The number of rotatable bonds is 3. The first-order valence-corrected chi connectivity index (χ1v) is 4.03. The van der Waals surface area contributed by atoms with Crippen molar-refractivity contribution >= 4 is 11.5 Å². The van der Waals surface area contributed by atoms with Crippen LogP contribution in [0.15, 0.2) is 12.1 Å². The molecule has 0 heterocycles. The summed E-state index contributed by atoms with van der Waals surface area (Å²) >= 11 is 0. The molecule has 80 valence electrons. The minimum absolute atomic E-state index is 0.0885. The lowest BCUT2D eigenvalue weighted by atomic mass is 10.1. The highest BCUT2D eigenvalue weighted by atomic mass is 16.6. The molecule has 0 amide bonds. The van der Waals surface area contributed by atoms with Crippen LogP contribution in [0.4, 0.5) is 5.69 Å². The summed E-state index contributed by atoms with van der Waals surface area (Å²) in [7, 11) is 1.25. The highest BCUT2D eigenvalue weighted by molar-refractivity contribution is 5.95. The van der Waals surface area contributed by atoms with Crippen molar-refractivity contribution in [2.45, 2.75) is 6.92 Å². The summed E-state index contributed by atoms with van der Waals surface area (Å²) in [5.41, 5.74) is -0.420. The number of nitro groups is 1. The third-order valence-electron chi connectivity index (χ3n) is 1.88. The van der Waals surface area contributed by atoms with Crippen molar-refractivity contribution in [3.63, 3.8) is 0 Å². The number of phenolic OH excluding ortho intramolecular Hbond substituents is 1. The van der Waals surface area contributed by atoms with Gasteiger partial charge in [0.05, 0.1) is 12.0 Å². The molecule has 1 aromatic rings. The van der Waals surface area contributed by atoms with Gasteiger partial charge in [0.25, 0.3) is 0 Å². The first-order valence-electron chi connectivity index (χ1n) is 4.03. The van der Waals surface area contributed by atoms with E-state index in [1.165, 1.54) is 20.1 Å². The summed E-state index contributed by atoms with van der Waals surface area (Å²) in [6.45, 7) is 1.27. The molecule has 0 unspecified atom stereocenters. The fourth-order valence-corrected chi connectivity index (χ4v) is 1.09. The van der Waals surface area contributed by atoms with Crippen LogP contribution in [0.2, 0.25) is 0 Å². The minimum Gasteiger partial charge on any atom is -0.500 e. The van der Waals surface area contributed by atoms with E-state index in [2.05, 4.69) is 0 Å². The van der Waals surface area contributed by atoms with E-state index in [0.29, 0.717) is 0 Å². The third-order valence-corrected chi connectivity index (χ3v) is 1.88. The molecule has 0 aromatic heterocycles. The maximum absolute atomic E-state index is 11.0. The van der Waals surface area contributed by atoms with Gasteiger partial charge in [0.1, 0.15) is 0 Å². The van der Waals surface area contributed by atoms with Crippen molar-refractivity contribution in [2.75, 3.05) is 7.11 Å². The average Bonchev–Trinajstić information content (AvgIpc) is 2.17. The molecule has 0 saturated carbocycles. The Balaban J connectivity index is 3.45. The Labute approximate surface area is 85.2 Å². The van der Waals surface area contributed by atoms with Gasteiger partial charge in [-0.25, -0.2) is 0 Å². The van der Waals surface area contributed by atoms with Crippen molar-refractivity contribution in [1.29, 1.82) is 0 Å². The molecule has 6 heteroatoms. The van der Waals surface area contributed by atoms with E-state index < -0.39 is 16.4 Å². The maximum atomic E-state index is 11.0. The van der Waals surface area contributed by atoms with Crippen LogP contribution in [0, 0.1) is 10.1 Å². The number of ketones is 1. The average molecular weight is 211 g/mol. The number of aromatic hydroxyl groups is 1. The first kappa shape index (κ1) is 11.0. The second kappa shape index (κ2) is 3.95. The first-order chi connectivity index (χ1) is 6.97. The Bertz CT molecular complexity index is 427. The lowest BCUT2D eigenvalue weighted by molar-refractivity contribution is -0.386. The van der Waals surface area contributed by atoms with Gasteiger partial charge in [-0.2, -0.15) is 0 Å². The van der Waals surface area contributed by atoms with Crippen molar-refractivity contribution in [2.24, 2.45) is 0 Å². The van der Waals surface area contributed by atoms with Gasteiger partial charge in [-0.15, -0.1) is 0 Å². The zero-order valence-electron chi connectivity index (χ0n) is 8.18. The van der Waals surface area contributed by atoms with Gasteiger partial charge >= 0.3 is 5.69 Å². The van der Waals surface area contributed by atoms with Crippen LogP contribution in [-0.4, -0.2) is 22.9 Å². The second-order valence-electron chi connectivity index (χ2n) is 2.86.